The second-order valence-electron chi connectivity index (χ2n) is 4.70. The Hall–Kier alpha value is -2.10. The van der Waals surface area contributed by atoms with Crippen molar-refractivity contribution in [2.24, 2.45) is 0 Å². The standard InChI is InChI=1S/C16H21NO3/c1-5-6-7-15(18)20-13(4)16(19)17-14-9-8-11(2)10-12(14)3/h6-10,13H,5H2,1-4H3,(H,17,19)/b7-6+/t13-/m1/s1. The number of anilines is 1. The van der Waals surface area contributed by atoms with Gasteiger partial charge in [-0.25, -0.2) is 4.79 Å². The molecule has 1 amide bonds. The van der Waals surface area contributed by atoms with Gasteiger partial charge in [0.15, 0.2) is 6.10 Å². The van der Waals surface area contributed by atoms with Crippen LogP contribution in [-0.2, 0) is 14.3 Å². The summed E-state index contributed by atoms with van der Waals surface area (Å²) in [7, 11) is 0. The summed E-state index contributed by atoms with van der Waals surface area (Å²) >= 11 is 0. The maximum absolute atomic E-state index is 11.9. The van der Waals surface area contributed by atoms with Crippen LogP contribution in [0.1, 0.15) is 31.4 Å². The summed E-state index contributed by atoms with van der Waals surface area (Å²) in [4.78, 5) is 23.3. The van der Waals surface area contributed by atoms with Crippen molar-refractivity contribution in [1.29, 1.82) is 0 Å². The molecule has 108 valence electrons. The summed E-state index contributed by atoms with van der Waals surface area (Å²) < 4.78 is 5.01. The molecule has 0 aliphatic heterocycles. The molecule has 20 heavy (non-hydrogen) atoms. The molecule has 0 unspecified atom stereocenters. The van der Waals surface area contributed by atoms with E-state index in [4.69, 9.17) is 4.74 Å². The van der Waals surface area contributed by atoms with Gasteiger partial charge >= 0.3 is 5.97 Å². The highest BCUT2D eigenvalue weighted by Gasteiger charge is 2.17. The molecule has 0 aliphatic carbocycles. The van der Waals surface area contributed by atoms with Crippen molar-refractivity contribution in [1.82, 2.24) is 0 Å². The smallest absolute Gasteiger partial charge is 0.331 e. The Morgan fingerprint density at radius 2 is 2.05 bits per heavy atom. The van der Waals surface area contributed by atoms with Crippen molar-refractivity contribution in [2.45, 2.75) is 40.2 Å². The van der Waals surface area contributed by atoms with Crippen molar-refractivity contribution in [3.63, 3.8) is 0 Å². The maximum Gasteiger partial charge on any atom is 0.331 e. The summed E-state index contributed by atoms with van der Waals surface area (Å²) in [6, 6.07) is 5.74. The van der Waals surface area contributed by atoms with Gasteiger partial charge in [-0.3, -0.25) is 4.79 Å². The Balaban J connectivity index is 2.61. The zero-order valence-electron chi connectivity index (χ0n) is 12.4. The lowest BCUT2D eigenvalue weighted by atomic mass is 10.1. The average molecular weight is 275 g/mol. The highest BCUT2D eigenvalue weighted by Crippen LogP contribution is 2.16. The third-order valence-corrected chi connectivity index (χ3v) is 2.79. The van der Waals surface area contributed by atoms with Gasteiger partial charge in [-0.1, -0.05) is 30.7 Å². The number of ether oxygens (including phenoxy) is 1. The van der Waals surface area contributed by atoms with Gasteiger partial charge in [-0.05, 0) is 38.8 Å². The fourth-order valence-corrected chi connectivity index (χ4v) is 1.67. The van der Waals surface area contributed by atoms with Crippen molar-refractivity contribution >= 4 is 17.6 Å². The van der Waals surface area contributed by atoms with E-state index in [1.54, 1.807) is 13.0 Å². The first-order chi connectivity index (χ1) is 9.43. The van der Waals surface area contributed by atoms with Crippen LogP contribution in [0.3, 0.4) is 0 Å². The van der Waals surface area contributed by atoms with E-state index in [9.17, 15) is 9.59 Å². The SMILES string of the molecule is CC/C=C/C(=O)O[C@H](C)C(=O)Nc1ccc(C)cc1C. The molecular formula is C16H21NO3. The Kier molecular flexibility index (Phi) is 5.97. The minimum atomic E-state index is -0.829. The van der Waals surface area contributed by atoms with E-state index >= 15 is 0 Å². The number of carbonyl (C=O) groups excluding carboxylic acids is 2. The third-order valence-electron chi connectivity index (χ3n) is 2.79. The van der Waals surface area contributed by atoms with Crippen LogP contribution in [0.2, 0.25) is 0 Å². The molecule has 4 nitrogen and oxygen atoms in total. The normalized spacial score (nSPS) is 12.2. The van der Waals surface area contributed by atoms with Gasteiger partial charge in [0.1, 0.15) is 0 Å². The minimum absolute atomic E-state index is 0.338. The maximum atomic E-state index is 11.9. The Morgan fingerprint density at radius 3 is 2.65 bits per heavy atom. The molecular weight excluding hydrogens is 254 g/mol. The Morgan fingerprint density at radius 1 is 1.35 bits per heavy atom. The second-order valence-corrected chi connectivity index (χ2v) is 4.70. The van der Waals surface area contributed by atoms with Crippen LogP contribution in [0.25, 0.3) is 0 Å². The second kappa shape index (κ2) is 7.48. The van der Waals surface area contributed by atoms with Gasteiger partial charge < -0.3 is 10.1 Å². The molecule has 1 N–H and O–H groups in total. The first-order valence-corrected chi connectivity index (χ1v) is 6.69. The van der Waals surface area contributed by atoms with Gasteiger partial charge in [-0.2, -0.15) is 0 Å². The van der Waals surface area contributed by atoms with E-state index < -0.39 is 12.1 Å². The number of rotatable bonds is 5. The largest absolute Gasteiger partial charge is 0.449 e. The van der Waals surface area contributed by atoms with Gasteiger partial charge in [0.05, 0.1) is 0 Å². The molecule has 0 saturated carbocycles. The molecule has 1 aromatic rings. The van der Waals surface area contributed by atoms with Crippen molar-refractivity contribution < 1.29 is 14.3 Å². The molecule has 0 aliphatic rings. The number of nitrogens with one attached hydrogen (secondary N) is 1. The van der Waals surface area contributed by atoms with E-state index in [1.807, 2.05) is 39.0 Å². The van der Waals surface area contributed by atoms with E-state index in [1.165, 1.54) is 6.08 Å². The lowest BCUT2D eigenvalue weighted by Gasteiger charge is -2.14. The van der Waals surface area contributed by atoms with Crippen LogP contribution < -0.4 is 5.32 Å². The number of esters is 1. The van der Waals surface area contributed by atoms with Crippen LogP contribution in [0.15, 0.2) is 30.4 Å². The summed E-state index contributed by atoms with van der Waals surface area (Å²) in [5, 5.41) is 2.76. The number of aryl methyl sites for hydroxylation is 2. The van der Waals surface area contributed by atoms with Crippen LogP contribution in [-0.4, -0.2) is 18.0 Å². The van der Waals surface area contributed by atoms with E-state index in [0.29, 0.717) is 0 Å². The minimum Gasteiger partial charge on any atom is -0.449 e. The van der Waals surface area contributed by atoms with E-state index in [0.717, 1.165) is 23.2 Å². The summed E-state index contributed by atoms with van der Waals surface area (Å²) in [6.45, 7) is 7.38. The lowest BCUT2D eigenvalue weighted by Crippen LogP contribution is -2.29. The first kappa shape index (κ1) is 16.0. The van der Waals surface area contributed by atoms with E-state index in [-0.39, 0.29) is 5.91 Å². The molecule has 1 atom stereocenters. The molecule has 0 spiro atoms. The number of benzene rings is 1. The number of amides is 1. The van der Waals surface area contributed by atoms with Gasteiger partial charge in [-0.15, -0.1) is 0 Å². The van der Waals surface area contributed by atoms with Crippen LogP contribution in [0.4, 0.5) is 5.69 Å². The van der Waals surface area contributed by atoms with E-state index in [2.05, 4.69) is 5.32 Å². The quantitative estimate of drug-likeness (QED) is 0.663. The average Bonchev–Trinajstić information content (AvgIpc) is 2.39. The summed E-state index contributed by atoms with van der Waals surface area (Å²) in [5.74, 6) is -0.842. The molecule has 0 radical (unpaired) electrons. The molecule has 0 heterocycles. The first-order valence-electron chi connectivity index (χ1n) is 6.69. The number of carbonyl (C=O) groups is 2. The zero-order valence-corrected chi connectivity index (χ0v) is 12.4. The zero-order chi connectivity index (χ0) is 15.1. The van der Waals surface area contributed by atoms with Crippen molar-refractivity contribution in [2.75, 3.05) is 5.32 Å². The Labute approximate surface area is 119 Å². The number of allylic oxidation sites excluding steroid dienone is 1. The lowest BCUT2D eigenvalue weighted by molar-refractivity contribution is -0.148. The topological polar surface area (TPSA) is 55.4 Å². The van der Waals surface area contributed by atoms with Crippen LogP contribution in [0.5, 0.6) is 0 Å². The molecule has 0 bridgehead atoms. The van der Waals surface area contributed by atoms with Crippen molar-refractivity contribution in [3.8, 4) is 0 Å². The molecule has 1 rings (SSSR count). The molecule has 4 heteroatoms. The summed E-state index contributed by atoms with van der Waals surface area (Å²) in [6.07, 6.45) is 2.95. The highest BCUT2D eigenvalue weighted by atomic mass is 16.5. The van der Waals surface area contributed by atoms with Gasteiger partial charge in [0.2, 0.25) is 0 Å². The molecule has 0 aromatic heterocycles. The van der Waals surface area contributed by atoms with Crippen molar-refractivity contribution in [3.05, 3.63) is 41.5 Å². The Bertz CT molecular complexity index is 520. The third kappa shape index (κ3) is 4.88. The monoisotopic (exact) mass is 275 g/mol. The fraction of sp³-hybridized carbons (Fsp3) is 0.375. The molecule has 0 fully saturated rings. The number of hydrogen-bond donors (Lipinski definition) is 1. The molecule has 1 aromatic carbocycles. The fourth-order valence-electron chi connectivity index (χ4n) is 1.67. The summed E-state index contributed by atoms with van der Waals surface area (Å²) in [5.41, 5.74) is 2.83. The van der Waals surface area contributed by atoms with Crippen LogP contribution >= 0.6 is 0 Å². The highest BCUT2D eigenvalue weighted by molar-refractivity contribution is 5.96. The van der Waals surface area contributed by atoms with Crippen LogP contribution in [0, 0.1) is 13.8 Å². The number of hydrogen-bond acceptors (Lipinski definition) is 3. The van der Waals surface area contributed by atoms with Gasteiger partial charge in [0, 0.05) is 11.8 Å². The van der Waals surface area contributed by atoms with Gasteiger partial charge in [0.25, 0.3) is 5.91 Å². The predicted octanol–water partition coefficient (Wildman–Crippen LogP) is 3.14. The molecule has 0 saturated heterocycles. The predicted molar refractivity (Wildman–Crippen MR) is 79.5 cm³/mol.